The molecule has 2 aliphatic rings. The predicted molar refractivity (Wildman–Crippen MR) is 64.2 cm³/mol. The maximum absolute atomic E-state index is 12.2. The summed E-state index contributed by atoms with van der Waals surface area (Å²) in [6.45, 7) is 2.94. The van der Waals surface area contributed by atoms with Gasteiger partial charge in [0.05, 0.1) is 0 Å². The summed E-state index contributed by atoms with van der Waals surface area (Å²) in [6, 6.07) is 5.84. The molecule has 1 aliphatic heterocycles. The zero-order valence-electron chi connectivity index (χ0n) is 9.44. The molecule has 0 spiro atoms. The number of nitrogen functional groups attached to an aromatic ring is 1. The number of carbonyl (C=O) groups is 1. The van der Waals surface area contributed by atoms with Crippen LogP contribution in [0.25, 0.3) is 0 Å². The van der Waals surface area contributed by atoms with E-state index in [1.807, 2.05) is 23.1 Å². The summed E-state index contributed by atoms with van der Waals surface area (Å²) in [5, 5.41) is 0. The highest BCUT2D eigenvalue weighted by Gasteiger charge is 2.43. The average Bonchev–Trinajstić information content (AvgIpc) is 2.83. The third-order valence-corrected chi connectivity index (χ3v) is 3.76. The molecule has 0 radical (unpaired) electrons. The van der Waals surface area contributed by atoms with Gasteiger partial charge < -0.3 is 10.6 Å². The molecule has 16 heavy (non-hydrogen) atoms. The third kappa shape index (κ3) is 1.31. The van der Waals surface area contributed by atoms with E-state index < -0.39 is 0 Å². The monoisotopic (exact) mass is 216 g/mol. The van der Waals surface area contributed by atoms with Crippen molar-refractivity contribution in [2.24, 2.45) is 11.8 Å². The minimum Gasteiger partial charge on any atom is -0.398 e. The van der Waals surface area contributed by atoms with Gasteiger partial charge in [0.2, 0.25) is 5.91 Å². The van der Waals surface area contributed by atoms with Crippen molar-refractivity contribution in [2.45, 2.75) is 19.8 Å². The summed E-state index contributed by atoms with van der Waals surface area (Å²) in [5.41, 5.74) is 8.91. The highest BCUT2D eigenvalue weighted by molar-refractivity contribution is 5.99. The van der Waals surface area contributed by atoms with Gasteiger partial charge in [-0.15, -0.1) is 0 Å². The number of fused-ring (bicyclic) bond motifs is 1. The Kier molecular flexibility index (Phi) is 1.96. The van der Waals surface area contributed by atoms with Crippen molar-refractivity contribution in [3.63, 3.8) is 0 Å². The van der Waals surface area contributed by atoms with Gasteiger partial charge in [-0.1, -0.05) is 13.0 Å². The second-order valence-corrected chi connectivity index (χ2v) is 4.90. The Bertz CT molecular complexity index is 455. The van der Waals surface area contributed by atoms with Crippen LogP contribution in [0.1, 0.15) is 18.9 Å². The Hall–Kier alpha value is -1.51. The zero-order valence-corrected chi connectivity index (χ0v) is 9.44. The molecule has 84 valence electrons. The van der Waals surface area contributed by atoms with Gasteiger partial charge in [-0.3, -0.25) is 4.79 Å². The van der Waals surface area contributed by atoms with E-state index in [2.05, 4.69) is 6.92 Å². The number of rotatable bonds is 1. The molecule has 1 heterocycles. The topological polar surface area (TPSA) is 46.3 Å². The number of amides is 1. The van der Waals surface area contributed by atoms with Crippen LogP contribution in [0, 0.1) is 11.8 Å². The van der Waals surface area contributed by atoms with E-state index in [1.165, 1.54) is 0 Å². The van der Waals surface area contributed by atoms with Crippen molar-refractivity contribution in [3.8, 4) is 0 Å². The molecule has 1 aliphatic carbocycles. The van der Waals surface area contributed by atoms with Crippen LogP contribution in [0.3, 0.4) is 0 Å². The highest BCUT2D eigenvalue weighted by atomic mass is 16.2. The standard InChI is InChI=1S/C13H16N2O/c1-8-7-10(8)13(16)15-6-5-9-11(14)3-2-4-12(9)15/h2-4,8,10H,5-7,14H2,1H3. The van der Waals surface area contributed by atoms with Gasteiger partial charge in [-0.25, -0.2) is 0 Å². The molecule has 2 unspecified atom stereocenters. The van der Waals surface area contributed by atoms with Gasteiger partial charge in [0.25, 0.3) is 0 Å². The summed E-state index contributed by atoms with van der Waals surface area (Å²) in [7, 11) is 0. The minimum absolute atomic E-state index is 0.257. The number of carbonyl (C=O) groups excluding carboxylic acids is 1. The number of anilines is 2. The second kappa shape index (κ2) is 3.24. The van der Waals surface area contributed by atoms with Crippen molar-refractivity contribution in [1.29, 1.82) is 0 Å². The van der Waals surface area contributed by atoms with Crippen LogP contribution >= 0.6 is 0 Å². The molecule has 0 aromatic heterocycles. The summed E-state index contributed by atoms with van der Waals surface area (Å²) in [6.07, 6.45) is 1.95. The predicted octanol–water partition coefficient (Wildman–Crippen LogP) is 1.81. The fraction of sp³-hybridized carbons (Fsp3) is 0.462. The van der Waals surface area contributed by atoms with Crippen LogP contribution in [0.4, 0.5) is 11.4 Å². The van der Waals surface area contributed by atoms with Crippen LogP contribution in [0.15, 0.2) is 18.2 Å². The molecule has 1 fully saturated rings. The summed E-state index contributed by atoms with van der Waals surface area (Å²) >= 11 is 0. The van der Waals surface area contributed by atoms with Crippen LogP contribution in [-0.4, -0.2) is 12.5 Å². The third-order valence-electron chi connectivity index (χ3n) is 3.76. The largest absolute Gasteiger partial charge is 0.398 e. The molecular weight excluding hydrogens is 200 g/mol. The number of hydrogen-bond donors (Lipinski definition) is 1. The van der Waals surface area contributed by atoms with Gasteiger partial charge in [0.15, 0.2) is 0 Å². The van der Waals surface area contributed by atoms with E-state index in [-0.39, 0.29) is 11.8 Å². The van der Waals surface area contributed by atoms with Gasteiger partial charge >= 0.3 is 0 Å². The number of hydrogen-bond acceptors (Lipinski definition) is 2. The van der Waals surface area contributed by atoms with E-state index >= 15 is 0 Å². The van der Waals surface area contributed by atoms with Crippen LogP contribution < -0.4 is 10.6 Å². The Morgan fingerprint density at radius 3 is 2.94 bits per heavy atom. The molecule has 2 atom stereocenters. The summed E-state index contributed by atoms with van der Waals surface area (Å²) in [4.78, 5) is 14.1. The van der Waals surface area contributed by atoms with Crippen LogP contribution in [-0.2, 0) is 11.2 Å². The first-order valence-electron chi connectivity index (χ1n) is 5.87. The smallest absolute Gasteiger partial charge is 0.230 e. The number of nitrogens with two attached hydrogens (primary N) is 1. The molecule has 1 saturated carbocycles. The lowest BCUT2D eigenvalue weighted by Gasteiger charge is -2.17. The molecule has 0 bridgehead atoms. The Balaban J connectivity index is 1.91. The van der Waals surface area contributed by atoms with E-state index in [0.717, 1.165) is 36.3 Å². The molecule has 1 aromatic rings. The first-order valence-corrected chi connectivity index (χ1v) is 5.87. The van der Waals surface area contributed by atoms with Gasteiger partial charge in [-0.05, 0) is 30.9 Å². The first kappa shape index (κ1) is 9.70. The second-order valence-electron chi connectivity index (χ2n) is 4.90. The van der Waals surface area contributed by atoms with Gasteiger partial charge in [0, 0.05) is 29.4 Å². The minimum atomic E-state index is 0.257. The lowest BCUT2D eigenvalue weighted by Crippen LogP contribution is -2.30. The summed E-state index contributed by atoms with van der Waals surface area (Å²) < 4.78 is 0. The first-order chi connectivity index (χ1) is 7.68. The fourth-order valence-electron chi connectivity index (χ4n) is 2.56. The van der Waals surface area contributed by atoms with E-state index in [1.54, 1.807) is 0 Å². The van der Waals surface area contributed by atoms with Crippen molar-refractivity contribution in [1.82, 2.24) is 0 Å². The van der Waals surface area contributed by atoms with E-state index in [4.69, 9.17) is 5.73 Å². The van der Waals surface area contributed by atoms with Crippen molar-refractivity contribution in [2.75, 3.05) is 17.2 Å². The molecule has 0 saturated heterocycles. The molecular formula is C13H16N2O. The molecule has 1 amide bonds. The van der Waals surface area contributed by atoms with E-state index in [9.17, 15) is 4.79 Å². The maximum Gasteiger partial charge on any atom is 0.230 e. The SMILES string of the molecule is CC1CC1C(=O)N1CCc2c(N)cccc21. The lowest BCUT2D eigenvalue weighted by atomic mass is 10.1. The van der Waals surface area contributed by atoms with Crippen molar-refractivity contribution in [3.05, 3.63) is 23.8 Å². The molecule has 2 N–H and O–H groups in total. The Morgan fingerprint density at radius 1 is 1.50 bits per heavy atom. The maximum atomic E-state index is 12.2. The summed E-state index contributed by atoms with van der Waals surface area (Å²) in [5.74, 6) is 1.11. The lowest BCUT2D eigenvalue weighted by molar-refractivity contribution is -0.119. The fourth-order valence-corrected chi connectivity index (χ4v) is 2.56. The average molecular weight is 216 g/mol. The quantitative estimate of drug-likeness (QED) is 0.728. The zero-order chi connectivity index (χ0) is 11.3. The Labute approximate surface area is 95.2 Å². The Morgan fingerprint density at radius 2 is 2.25 bits per heavy atom. The van der Waals surface area contributed by atoms with Crippen molar-refractivity contribution < 1.29 is 4.79 Å². The number of nitrogens with zero attached hydrogens (tertiary/aromatic N) is 1. The normalized spacial score (nSPS) is 26.7. The van der Waals surface area contributed by atoms with Crippen molar-refractivity contribution >= 4 is 17.3 Å². The number of benzene rings is 1. The van der Waals surface area contributed by atoms with E-state index in [0.29, 0.717) is 5.92 Å². The van der Waals surface area contributed by atoms with Crippen LogP contribution in [0.2, 0.25) is 0 Å². The highest BCUT2D eigenvalue weighted by Crippen LogP contribution is 2.42. The molecule has 3 heteroatoms. The molecule has 3 nitrogen and oxygen atoms in total. The molecule has 1 aromatic carbocycles. The van der Waals surface area contributed by atoms with Crippen LogP contribution in [0.5, 0.6) is 0 Å². The molecule has 3 rings (SSSR count). The van der Waals surface area contributed by atoms with Gasteiger partial charge in [0.1, 0.15) is 0 Å². The van der Waals surface area contributed by atoms with Gasteiger partial charge in [-0.2, -0.15) is 0 Å².